The van der Waals surface area contributed by atoms with Crippen LogP contribution in [0.1, 0.15) is 25.7 Å². The van der Waals surface area contributed by atoms with E-state index in [4.69, 9.17) is 5.11 Å². The van der Waals surface area contributed by atoms with Gasteiger partial charge in [-0.25, -0.2) is 8.42 Å². The molecule has 2 N–H and O–H groups in total. The molecule has 0 aromatic rings. The normalized spacial score (nSPS) is 39.7. The quantitative estimate of drug-likeness (QED) is 0.716. The van der Waals surface area contributed by atoms with Crippen molar-refractivity contribution in [3.63, 3.8) is 0 Å². The van der Waals surface area contributed by atoms with Gasteiger partial charge in [0.1, 0.15) is 0 Å². The average Bonchev–Trinajstić information content (AvgIpc) is 2.73. The predicted molar refractivity (Wildman–Crippen MR) is 58.4 cm³/mol. The van der Waals surface area contributed by atoms with E-state index in [0.717, 1.165) is 25.7 Å². The minimum Gasteiger partial charge on any atom is -0.396 e. The molecule has 2 aliphatic rings. The molecule has 2 rings (SSSR count). The maximum Gasteiger partial charge on any atom is 0.151 e. The Hall–Kier alpha value is -0.130. The lowest BCUT2D eigenvalue weighted by atomic mass is 10.0. The number of hydrogen-bond acceptors (Lipinski definition) is 4. The summed E-state index contributed by atoms with van der Waals surface area (Å²) in [5.41, 5.74) is 0. The summed E-state index contributed by atoms with van der Waals surface area (Å²) in [6.45, 7) is 0.219. The van der Waals surface area contributed by atoms with E-state index < -0.39 is 9.84 Å². The highest BCUT2D eigenvalue weighted by molar-refractivity contribution is 7.91. The standard InChI is InChI=1S/C10H19NO3S/c12-6-8-2-1-3-10(8)11-9-4-5-15(13,14)7-9/h8-12H,1-7H2. The van der Waals surface area contributed by atoms with Crippen LogP contribution in [0.3, 0.4) is 0 Å². The molecule has 15 heavy (non-hydrogen) atoms. The molecule has 88 valence electrons. The second-order valence-electron chi connectivity index (χ2n) is 4.75. The summed E-state index contributed by atoms with van der Waals surface area (Å²) in [7, 11) is -2.79. The molecule has 1 saturated carbocycles. The number of aliphatic hydroxyl groups excluding tert-OH is 1. The molecule has 0 aromatic heterocycles. The summed E-state index contributed by atoms with van der Waals surface area (Å²) in [6, 6.07) is 0.445. The molecule has 1 aliphatic carbocycles. The van der Waals surface area contributed by atoms with Crippen LogP contribution < -0.4 is 5.32 Å². The maximum absolute atomic E-state index is 11.3. The lowest BCUT2D eigenvalue weighted by Crippen LogP contribution is -2.42. The summed E-state index contributed by atoms with van der Waals surface area (Å²) in [6.07, 6.45) is 4.01. The first-order valence-electron chi connectivity index (χ1n) is 5.68. The van der Waals surface area contributed by atoms with E-state index >= 15 is 0 Å². The highest BCUT2D eigenvalue weighted by Crippen LogP contribution is 2.26. The molecule has 0 amide bonds. The van der Waals surface area contributed by atoms with E-state index in [1.165, 1.54) is 0 Å². The third-order valence-electron chi connectivity index (χ3n) is 3.58. The van der Waals surface area contributed by atoms with Crippen LogP contribution in [0.5, 0.6) is 0 Å². The van der Waals surface area contributed by atoms with Crippen molar-refractivity contribution < 1.29 is 13.5 Å². The van der Waals surface area contributed by atoms with Gasteiger partial charge in [0.05, 0.1) is 11.5 Å². The molecule has 4 nitrogen and oxygen atoms in total. The number of aliphatic hydroxyl groups is 1. The van der Waals surface area contributed by atoms with Gasteiger partial charge in [-0.05, 0) is 25.2 Å². The zero-order chi connectivity index (χ0) is 10.9. The smallest absolute Gasteiger partial charge is 0.151 e. The average molecular weight is 233 g/mol. The lowest BCUT2D eigenvalue weighted by Gasteiger charge is -2.22. The van der Waals surface area contributed by atoms with Crippen molar-refractivity contribution in [3.8, 4) is 0 Å². The molecule has 1 aliphatic heterocycles. The fraction of sp³-hybridized carbons (Fsp3) is 1.00. The first kappa shape index (κ1) is 11.4. The molecule has 1 saturated heterocycles. The summed E-state index contributed by atoms with van der Waals surface area (Å²) >= 11 is 0. The Morgan fingerprint density at radius 3 is 2.67 bits per heavy atom. The third kappa shape index (κ3) is 2.71. The van der Waals surface area contributed by atoms with Crippen molar-refractivity contribution in [2.24, 2.45) is 5.92 Å². The Balaban J connectivity index is 1.87. The van der Waals surface area contributed by atoms with E-state index in [1.807, 2.05) is 0 Å². The van der Waals surface area contributed by atoms with Gasteiger partial charge in [-0.15, -0.1) is 0 Å². The van der Waals surface area contributed by atoms with Gasteiger partial charge in [0, 0.05) is 18.7 Å². The number of sulfone groups is 1. The Kier molecular flexibility index (Phi) is 3.33. The molecule has 0 aromatic carbocycles. The van der Waals surface area contributed by atoms with Crippen LogP contribution in [0.25, 0.3) is 0 Å². The van der Waals surface area contributed by atoms with Gasteiger partial charge < -0.3 is 10.4 Å². The van der Waals surface area contributed by atoms with Gasteiger partial charge in [0.25, 0.3) is 0 Å². The highest BCUT2D eigenvalue weighted by atomic mass is 32.2. The fourth-order valence-corrected chi connectivity index (χ4v) is 4.39. The van der Waals surface area contributed by atoms with Crippen LogP contribution in [0.2, 0.25) is 0 Å². The van der Waals surface area contributed by atoms with Crippen LogP contribution in [0.15, 0.2) is 0 Å². The first-order valence-corrected chi connectivity index (χ1v) is 7.50. The first-order chi connectivity index (χ1) is 7.11. The van der Waals surface area contributed by atoms with Crippen molar-refractivity contribution in [2.75, 3.05) is 18.1 Å². The summed E-state index contributed by atoms with van der Waals surface area (Å²) in [4.78, 5) is 0. The molecule has 1 heterocycles. The molecule has 2 fully saturated rings. The van der Waals surface area contributed by atoms with Gasteiger partial charge in [-0.1, -0.05) is 6.42 Å². The van der Waals surface area contributed by atoms with Gasteiger partial charge in [0.15, 0.2) is 9.84 Å². The fourth-order valence-electron chi connectivity index (χ4n) is 2.70. The largest absolute Gasteiger partial charge is 0.396 e. The van der Waals surface area contributed by atoms with E-state index in [1.54, 1.807) is 0 Å². The zero-order valence-corrected chi connectivity index (χ0v) is 9.67. The molecule has 0 spiro atoms. The Morgan fingerprint density at radius 1 is 1.27 bits per heavy atom. The highest BCUT2D eigenvalue weighted by Gasteiger charge is 2.33. The topological polar surface area (TPSA) is 66.4 Å². The van der Waals surface area contributed by atoms with Crippen molar-refractivity contribution in [1.82, 2.24) is 5.32 Å². The number of nitrogens with one attached hydrogen (secondary N) is 1. The zero-order valence-electron chi connectivity index (χ0n) is 8.85. The number of rotatable bonds is 3. The Labute approximate surface area is 91.0 Å². The second-order valence-corrected chi connectivity index (χ2v) is 6.98. The van der Waals surface area contributed by atoms with Crippen LogP contribution in [-0.4, -0.2) is 43.7 Å². The molecular formula is C10H19NO3S. The summed E-state index contributed by atoms with van der Waals surface area (Å²) in [5.74, 6) is 0.927. The van der Waals surface area contributed by atoms with Crippen LogP contribution >= 0.6 is 0 Å². The van der Waals surface area contributed by atoms with Gasteiger partial charge in [-0.3, -0.25) is 0 Å². The van der Waals surface area contributed by atoms with Crippen molar-refractivity contribution >= 4 is 9.84 Å². The van der Waals surface area contributed by atoms with Crippen molar-refractivity contribution in [3.05, 3.63) is 0 Å². The van der Waals surface area contributed by atoms with Gasteiger partial charge in [0.2, 0.25) is 0 Å². The lowest BCUT2D eigenvalue weighted by molar-refractivity contribution is 0.201. The Morgan fingerprint density at radius 2 is 2.07 bits per heavy atom. The molecule has 0 radical (unpaired) electrons. The molecule has 3 atom stereocenters. The van der Waals surface area contributed by atoms with E-state index in [-0.39, 0.29) is 18.4 Å². The van der Waals surface area contributed by atoms with Crippen LogP contribution in [-0.2, 0) is 9.84 Å². The predicted octanol–water partition coefficient (Wildman–Crippen LogP) is -0.0759. The van der Waals surface area contributed by atoms with E-state index in [9.17, 15) is 8.42 Å². The molecule has 3 unspecified atom stereocenters. The van der Waals surface area contributed by atoms with Crippen molar-refractivity contribution in [2.45, 2.75) is 37.8 Å². The van der Waals surface area contributed by atoms with Crippen molar-refractivity contribution in [1.29, 1.82) is 0 Å². The summed E-state index contributed by atoms with van der Waals surface area (Å²) in [5, 5.41) is 12.6. The number of hydrogen-bond donors (Lipinski definition) is 2. The second kappa shape index (κ2) is 4.39. The van der Waals surface area contributed by atoms with Crippen LogP contribution in [0.4, 0.5) is 0 Å². The SMILES string of the molecule is O=S1(=O)CCC(NC2CCCC2CO)C1. The minimum atomic E-state index is -2.79. The van der Waals surface area contributed by atoms with E-state index in [0.29, 0.717) is 17.7 Å². The van der Waals surface area contributed by atoms with E-state index in [2.05, 4.69) is 5.32 Å². The monoisotopic (exact) mass is 233 g/mol. The third-order valence-corrected chi connectivity index (χ3v) is 5.34. The molecular weight excluding hydrogens is 214 g/mol. The molecule has 0 bridgehead atoms. The van der Waals surface area contributed by atoms with Crippen LogP contribution in [0, 0.1) is 5.92 Å². The van der Waals surface area contributed by atoms with Gasteiger partial charge in [-0.2, -0.15) is 0 Å². The molecule has 5 heteroatoms. The Bertz CT molecular complexity index is 315. The van der Waals surface area contributed by atoms with Gasteiger partial charge >= 0.3 is 0 Å². The minimum absolute atomic E-state index is 0.118. The maximum atomic E-state index is 11.3. The summed E-state index contributed by atoms with van der Waals surface area (Å²) < 4.78 is 22.6.